The first-order valence-electron chi connectivity index (χ1n) is 9.18. The number of sulfone groups is 1. The second kappa shape index (κ2) is 14.0. The Morgan fingerprint density at radius 1 is 1.14 bits per heavy atom. The fraction of sp³-hybridized carbons (Fsp3) is 0.263. The van der Waals surface area contributed by atoms with Crippen molar-refractivity contribution in [3.8, 4) is 6.07 Å². The molecule has 0 aliphatic rings. The topological polar surface area (TPSA) is 169 Å². The van der Waals surface area contributed by atoms with E-state index < -0.39 is 75.4 Å². The van der Waals surface area contributed by atoms with E-state index in [4.69, 9.17) is 10.00 Å². The molecule has 0 heterocycles. The minimum Gasteiger partial charge on any atom is -0.790 e. The van der Waals surface area contributed by atoms with Gasteiger partial charge < -0.3 is 28.9 Å². The Morgan fingerprint density at radius 2 is 1.70 bits per heavy atom. The number of benzene rings is 2. The molecule has 1 atom stereocenters. The first-order chi connectivity index (χ1) is 16.0. The molecule has 0 saturated carbocycles. The Morgan fingerprint density at radius 3 is 2.19 bits per heavy atom. The zero-order valence-electron chi connectivity index (χ0n) is 19.5. The standard InChI is InChI=1S/C19H17F4N2O8PS.2Na/c1-18(32-11-33-34(27,28)29,10-35(30,31)15-6-3-13(20)4-7-15)17(26)25-14-5-2-12(9-24)16(8-14)19(21,22)23;;/h2-8H,10-11H2,1H3,(H,25,26)(H2,27,28,29);;/q;2*+1/p-2/t18-;;/m1../s1. The van der Waals surface area contributed by atoms with Gasteiger partial charge in [0.1, 0.15) is 5.82 Å². The number of amides is 1. The summed E-state index contributed by atoms with van der Waals surface area (Å²) in [6.07, 6.45) is -4.96. The predicted octanol–water partition coefficient (Wildman–Crippen LogP) is -4.29. The number of carbonyl (C=O) groups excluding carboxylic acids is 1. The maximum atomic E-state index is 13.2. The smallest absolute Gasteiger partial charge is 0.790 e. The number of hydrogen-bond acceptors (Lipinski definition) is 9. The van der Waals surface area contributed by atoms with Crippen LogP contribution in [0.3, 0.4) is 0 Å². The first-order valence-corrected chi connectivity index (χ1v) is 12.3. The number of phosphoric acid groups is 1. The van der Waals surface area contributed by atoms with Gasteiger partial charge in [0.15, 0.2) is 22.2 Å². The fourth-order valence-corrected chi connectivity index (χ4v) is 4.54. The first kappa shape index (κ1) is 36.1. The maximum Gasteiger partial charge on any atom is 1.00 e. The molecule has 2 aromatic rings. The van der Waals surface area contributed by atoms with Crippen molar-refractivity contribution in [2.45, 2.75) is 23.6 Å². The summed E-state index contributed by atoms with van der Waals surface area (Å²) in [7, 11) is -10.0. The van der Waals surface area contributed by atoms with Gasteiger partial charge in [-0.25, -0.2) is 12.8 Å². The summed E-state index contributed by atoms with van der Waals surface area (Å²) >= 11 is 0. The molecule has 0 unspecified atom stereocenters. The number of ether oxygens (including phenoxy) is 1. The molecule has 10 nitrogen and oxygen atoms in total. The average molecular weight is 584 g/mol. The summed E-state index contributed by atoms with van der Waals surface area (Å²) in [6, 6.07) is 6.84. The molecule has 37 heavy (non-hydrogen) atoms. The zero-order chi connectivity index (χ0) is 26.7. The van der Waals surface area contributed by atoms with Crippen LogP contribution in [-0.2, 0) is 34.6 Å². The molecule has 0 aromatic heterocycles. The number of phosphoric ester groups is 1. The van der Waals surface area contributed by atoms with E-state index in [-0.39, 0.29) is 59.1 Å². The molecule has 190 valence electrons. The summed E-state index contributed by atoms with van der Waals surface area (Å²) in [5.74, 6) is -3.35. The van der Waals surface area contributed by atoms with E-state index in [1.165, 1.54) is 6.07 Å². The Bertz CT molecular complexity index is 1300. The SMILES string of the molecule is C[C@](CS(=O)(=O)c1ccc(F)cc1)(OCOP(=O)([O-])[O-])C(=O)Nc1ccc(C#N)c(C(F)(F)F)c1.[Na+].[Na+]. The summed E-state index contributed by atoms with van der Waals surface area (Å²) in [4.78, 5) is 33.8. The molecule has 0 spiro atoms. The predicted molar refractivity (Wildman–Crippen MR) is 106 cm³/mol. The molecule has 2 aromatic carbocycles. The summed E-state index contributed by atoms with van der Waals surface area (Å²) in [6.45, 7) is -0.546. The summed E-state index contributed by atoms with van der Waals surface area (Å²) in [5.41, 5.74) is -5.16. The van der Waals surface area contributed by atoms with Crippen LogP contribution in [0, 0.1) is 17.1 Å². The van der Waals surface area contributed by atoms with Gasteiger partial charge >= 0.3 is 65.3 Å². The van der Waals surface area contributed by atoms with Gasteiger partial charge in [-0.15, -0.1) is 0 Å². The van der Waals surface area contributed by atoms with Crippen LogP contribution in [0.2, 0.25) is 0 Å². The van der Waals surface area contributed by atoms with Crippen molar-refractivity contribution in [3.05, 3.63) is 59.4 Å². The van der Waals surface area contributed by atoms with E-state index in [1.54, 1.807) is 0 Å². The largest absolute Gasteiger partial charge is 1.00 e. The van der Waals surface area contributed by atoms with Gasteiger partial charge in [-0.1, -0.05) is 0 Å². The van der Waals surface area contributed by atoms with Crippen molar-refractivity contribution < 1.29 is 114 Å². The van der Waals surface area contributed by atoms with E-state index in [2.05, 4.69) is 4.52 Å². The van der Waals surface area contributed by atoms with Gasteiger partial charge in [-0.2, -0.15) is 18.4 Å². The number of rotatable bonds is 9. The Labute approximate surface area is 253 Å². The number of hydrogen-bond donors (Lipinski definition) is 1. The number of anilines is 1. The van der Waals surface area contributed by atoms with Gasteiger partial charge in [0, 0.05) is 5.69 Å². The Balaban J connectivity index is 0.00000648. The average Bonchev–Trinajstić information content (AvgIpc) is 2.72. The van der Waals surface area contributed by atoms with E-state index >= 15 is 0 Å². The number of alkyl halides is 3. The minimum atomic E-state index is -5.60. The van der Waals surface area contributed by atoms with Crippen molar-refractivity contribution in [2.24, 2.45) is 0 Å². The number of carbonyl (C=O) groups is 1. The van der Waals surface area contributed by atoms with Crippen LogP contribution < -0.4 is 74.2 Å². The summed E-state index contributed by atoms with van der Waals surface area (Å²) in [5, 5.41) is 10.9. The Kier molecular flexibility index (Phi) is 13.6. The molecule has 0 bridgehead atoms. The monoisotopic (exact) mass is 584 g/mol. The van der Waals surface area contributed by atoms with Gasteiger partial charge in [-0.05, 0) is 49.4 Å². The van der Waals surface area contributed by atoms with Crippen LogP contribution in [0.15, 0.2) is 47.4 Å². The van der Waals surface area contributed by atoms with Gasteiger partial charge in [0.2, 0.25) is 0 Å². The molecular formula is C19H15F4N2Na2O8PS. The molecule has 0 aliphatic heterocycles. The van der Waals surface area contributed by atoms with Crippen molar-refractivity contribution in [1.82, 2.24) is 0 Å². The third-order valence-electron chi connectivity index (χ3n) is 4.41. The molecule has 2 rings (SSSR count). The van der Waals surface area contributed by atoms with Crippen LogP contribution in [0.5, 0.6) is 0 Å². The van der Waals surface area contributed by atoms with Gasteiger partial charge in [0.25, 0.3) is 5.91 Å². The third kappa shape index (κ3) is 10.7. The van der Waals surface area contributed by atoms with Crippen molar-refractivity contribution in [3.63, 3.8) is 0 Å². The third-order valence-corrected chi connectivity index (χ3v) is 6.75. The van der Waals surface area contributed by atoms with Crippen LogP contribution in [0.1, 0.15) is 18.1 Å². The quantitative estimate of drug-likeness (QED) is 0.101. The zero-order valence-corrected chi connectivity index (χ0v) is 25.2. The van der Waals surface area contributed by atoms with E-state index in [0.717, 1.165) is 43.3 Å². The van der Waals surface area contributed by atoms with Crippen molar-refractivity contribution in [2.75, 3.05) is 17.9 Å². The van der Waals surface area contributed by atoms with E-state index in [9.17, 15) is 45.1 Å². The minimum absolute atomic E-state index is 0. The molecule has 18 heteroatoms. The number of halogens is 4. The van der Waals surface area contributed by atoms with E-state index in [0.29, 0.717) is 6.07 Å². The maximum absolute atomic E-state index is 13.2. The molecular weight excluding hydrogens is 569 g/mol. The number of nitrogens with one attached hydrogen (secondary N) is 1. The molecule has 0 saturated heterocycles. The fourth-order valence-electron chi connectivity index (χ4n) is 2.70. The van der Waals surface area contributed by atoms with E-state index in [1.807, 2.05) is 5.32 Å². The van der Waals surface area contributed by atoms with Crippen LogP contribution >= 0.6 is 7.82 Å². The van der Waals surface area contributed by atoms with Crippen molar-refractivity contribution in [1.29, 1.82) is 5.26 Å². The van der Waals surface area contributed by atoms with Crippen molar-refractivity contribution >= 4 is 29.3 Å². The number of nitriles is 1. The molecule has 0 fully saturated rings. The van der Waals surface area contributed by atoms with Gasteiger partial charge in [-0.3, -0.25) is 4.79 Å². The van der Waals surface area contributed by atoms with Crippen LogP contribution in [-0.4, -0.2) is 32.5 Å². The van der Waals surface area contributed by atoms with Crippen LogP contribution in [0.25, 0.3) is 0 Å². The van der Waals surface area contributed by atoms with Crippen LogP contribution in [0.4, 0.5) is 23.2 Å². The molecule has 0 radical (unpaired) electrons. The normalized spacial score (nSPS) is 13.4. The molecule has 1 N–H and O–H groups in total. The summed E-state index contributed by atoms with van der Waals surface area (Å²) < 4.78 is 97.8. The van der Waals surface area contributed by atoms with Gasteiger partial charge in [0.05, 0.1) is 35.7 Å². The number of nitrogens with zero attached hydrogens (tertiary/aromatic N) is 1. The Hall–Kier alpha value is -0.860. The second-order valence-corrected chi connectivity index (χ2v) is 10.2. The second-order valence-electron chi connectivity index (χ2n) is 7.11. The molecule has 0 aliphatic carbocycles. The molecule has 1 amide bonds.